The van der Waals surface area contributed by atoms with E-state index in [1.54, 1.807) is 33.5 Å². The van der Waals surface area contributed by atoms with E-state index in [2.05, 4.69) is 0 Å². The first-order chi connectivity index (χ1) is 13.2. The molecule has 1 heterocycles. The molecule has 5 heteroatoms. The Morgan fingerprint density at radius 2 is 1.70 bits per heavy atom. The number of benzene rings is 2. The molecule has 0 radical (unpaired) electrons. The molecule has 1 unspecified atom stereocenters. The molecule has 1 aliphatic rings. The van der Waals surface area contributed by atoms with Crippen LogP contribution in [0.4, 0.5) is 0 Å². The van der Waals surface area contributed by atoms with Crippen LogP contribution in [0.15, 0.2) is 48.5 Å². The molecule has 0 saturated carbocycles. The van der Waals surface area contributed by atoms with Crippen LogP contribution in [-0.2, 0) is 4.79 Å². The molecule has 0 bridgehead atoms. The SMILES string of the molecule is COc1ccc(C2CCCN2C(=O)/C=C/c2cc(OC)ccc2OC)cc1. The second-order valence-electron chi connectivity index (χ2n) is 6.40. The summed E-state index contributed by atoms with van der Waals surface area (Å²) in [6, 6.07) is 13.6. The molecule has 5 nitrogen and oxygen atoms in total. The highest BCUT2D eigenvalue weighted by molar-refractivity contribution is 5.92. The van der Waals surface area contributed by atoms with E-state index in [9.17, 15) is 4.79 Å². The van der Waals surface area contributed by atoms with E-state index in [0.717, 1.165) is 42.0 Å². The van der Waals surface area contributed by atoms with Gasteiger partial charge in [-0.25, -0.2) is 0 Å². The summed E-state index contributed by atoms with van der Waals surface area (Å²) in [5, 5.41) is 0. The van der Waals surface area contributed by atoms with E-state index in [0.29, 0.717) is 5.75 Å². The Hall–Kier alpha value is -2.95. The van der Waals surface area contributed by atoms with E-state index in [1.807, 2.05) is 47.4 Å². The van der Waals surface area contributed by atoms with Crippen molar-refractivity contribution in [3.63, 3.8) is 0 Å². The molecule has 27 heavy (non-hydrogen) atoms. The molecular weight excluding hydrogens is 342 g/mol. The first-order valence-corrected chi connectivity index (χ1v) is 9.01. The third-order valence-corrected chi connectivity index (χ3v) is 4.88. The summed E-state index contributed by atoms with van der Waals surface area (Å²) in [6.07, 6.45) is 5.36. The van der Waals surface area contributed by atoms with Crippen molar-refractivity contribution < 1.29 is 19.0 Å². The standard InChI is InChI=1S/C22H25NO4/c1-25-18-9-6-16(7-10-18)20-5-4-14-23(20)22(24)13-8-17-15-19(26-2)11-12-21(17)27-3/h6-13,15,20H,4-5,14H2,1-3H3/b13-8+. The number of rotatable bonds is 6. The highest BCUT2D eigenvalue weighted by Crippen LogP contribution is 2.33. The van der Waals surface area contributed by atoms with Crippen LogP contribution < -0.4 is 14.2 Å². The lowest BCUT2D eigenvalue weighted by molar-refractivity contribution is -0.126. The van der Waals surface area contributed by atoms with E-state index in [-0.39, 0.29) is 11.9 Å². The first-order valence-electron chi connectivity index (χ1n) is 9.01. The molecule has 0 spiro atoms. The Morgan fingerprint density at radius 1 is 1.00 bits per heavy atom. The minimum atomic E-state index is -0.00167. The van der Waals surface area contributed by atoms with E-state index in [1.165, 1.54) is 0 Å². The number of hydrogen-bond acceptors (Lipinski definition) is 4. The molecule has 1 atom stereocenters. The summed E-state index contributed by atoms with van der Waals surface area (Å²) in [4.78, 5) is 14.7. The van der Waals surface area contributed by atoms with Crippen molar-refractivity contribution in [1.29, 1.82) is 0 Å². The maximum atomic E-state index is 12.8. The molecule has 1 fully saturated rings. The molecule has 0 aliphatic carbocycles. The van der Waals surface area contributed by atoms with Gasteiger partial charge >= 0.3 is 0 Å². The maximum absolute atomic E-state index is 12.8. The van der Waals surface area contributed by atoms with Crippen molar-refractivity contribution in [2.75, 3.05) is 27.9 Å². The van der Waals surface area contributed by atoms with Crippen LogP contribution in [0.3, 0.4) is 0 Å². The highest BCUT2D eigenvalue weighted by Gasteiger charge is 2.28. The van der Waals surface area contributed by atoms with Crippen LogP contribution in [0, 0.1) is 0 Å². The number of likely N-dealkylation sites (tertiary alicyclic amines) is 1. The Labute approximate surface area is 160 Å². The van der Waals surface area contributed by atoms with E-state index < -0.39 is 0 Å². The number of ether oxygens (including phenoxy) is 3. The zero-order chi connectivity index (χ0) is 19.2. The van der Waals surface area contributed by atoms with Gasteiger partial charge in [-0.3, -0.25) is 4.79 Å². The smallest absolute Gasteiger partial charge is 0.247 e. The van der Waals surface area contributed by atoms with Gasteiger partial charge in [0.1, 0.15) is 17.2 Å². The van der Waals surface area contributed by atoms with Crippen molar-refractivity contribution in [2.45, 2.75) is 18.9 Å². The normalized spacial score (nSPS) is 16.6. The third-order valence-electron chi connectivity index (χ3n) is 4.88. The van der Waals surface area contributed by atoms with Gasteiger partial charge in [-0.1, -0.05) is 12.1 Å². The molecule has 0 N–H and O–H groups in total. The molecule has 1 amide bonds. The highest BCUT2D eigenvalue weighted by atomic mass is 16.5. The van der Waals surface area contributed by atoms with E-state index in [4.69, 9.17) is 14.2 Å². The van der Waals surface area contributed by atoms with Gasteiger partial charge in [-0.15, -0.1) is 0 Å². The second-order valence-corrected chi connectivity index (χ2v) is 6.40. The average molecular weight is 367 g/mol. The van der Waals surface area contributed by atoms with Crippen molar-refractivity contribution in [3.8, 4) is 17.2 Å². The number of carbonyl (C=O) groups excluding carboxylic acids is 1. The fourth-order valence-corrected chi connectivity index (χ4v) is 3.43. The van der Waals surface area contributed by atoms with Crippen LogP contribution >= 0.6 is 0 Å². The zero-order valence-electron chi connectivity index (χ0n) is 16.0. The lowest BCUT2D eigenvalue weighted by atomic mass is 10.0. The lowest BCUT2D eigenvalue weighted by Gasteiger charge is -2.24. The summed E-state index contributed by atoms with van der Waals surface area (Å²) in [5.74, 6) is 2.24. The molecule has 1 saturated heterocycles. The molecule has 142 valence electrons. The number of hydrogen-bond donors (Lipinski definition) is 0. The van der Waals surface area contributed by atoms with Crippen LogP contribution in [0.25, 0.3) is 6.08 Å². The lowest BCUT2D eigenvalue weighted by Crippen LogP contribution is -2.28. The number of nitrogens with zero attached hydrogens (tertiary/aromatic N) is 1. The molecular formula is C22H25NO4. The number of methoxy groups -OCH3 is 3. The molecule has 1 aliphatic heterocycles. The van der Waals surface area contributed by atoms with Crippen molar-refractivity contribution >= 4 is 12.0 Å². The fourth-order valence-electron chi connectivity index (χ4n) is 3.43. The Morgan fingerprint density at radius 3 is 2.37 bits per heavy atom. The predicted molar refractivity (Wildman–Crippen MR) is 105 cm³/mol. The van der Waals surface area contributed by atoms with Gasteiger partial charge in [-0.05, 0) is 54.8 Å². The first kappa shape index (κ1) is 18.8. The van der Waals surface area contributed by atoms with Gasteiger partial charge in [-0.2, -0.15) is 0 Å². The second kappa shape index (κ2) is 8.62. The maximum Gasteiger partial charge on any atom is 0.247 e. The monoisotopic (exact) mass is 367 g/mol. The summed E-state index contributed by atoms with van der Waals surface area (Å²) in [5.41, 5.74) is 1.94. The quantitative estimate of drug-likeness (QED) is 0.722. The fraction of sp³-hybridized carbons (Fsp3) is 0.318. The summed E-state index contributed by atoms with van der Waals surface area (Å²) in [6.45, 7) is 0.759. The largest absolute Gasteiger partial charge is 0.497 e. The molecule has 2 aromatic carbocycles. The topological polar surface area (TPSA) is 48.0 Å². The van der Waals surface area contributed by atoms with Crippen LogP contribution in [-0.4, -0.2) is 38.7 Å². The minimum Gasteiger partial charge on any atom is -0.497 e. The van der Waals surface area contributed by atoms with E-state index >= 15 is 0 Å². The molecule has 2 aromatic rings. The van der Waals surface area contributed by atoms with Crippen LogP contribution in [0.2, 0.25) is 0 Å². The minimum absolute atomic E-state index is 0.00167. The van der Waals surface area contributed by atoms with Crippen LogP contribution in [0.1, 0.15) is 30.0 Å². The molecule has 0 aromatic heterocycles. The van der Waals surface area contributed by atoms with Crippen molar-refractivity contribution in [1.82, 2.24) is 4.90 Å². The number of amides is 1. The molecule has 3 rings (SSSR count). The average Bonchev–Trinajstić information content (AvgIpc) is 3.21. The summed E-state index contributed by atoms with van der Waals surface area (Å²) in [7, 11) is 4.88. The Kier molecular flexibility index (Phi) is 6.01. The van der Waals surface area contributed by atoms with Crippen molar-refractivity contribution in [3.05, 3.63) is 59.7 Å². The van der Waals surface area contributed by atoms with Gasteiger partial charge < -0.3 is 19.1 Å². The Balaban J connectivity index is 1.77. The summed E-state index contributed by atoms with van der Waals surface area (Å²) >= 11 is 0. The van der Waals surface area contributed by atoms with Gasteiger partial charge in [0.15, 0.2) is 0 Å². The van der Waals surface area contributed by atoms with Gasteiger partial charge in [0.25, 0.3) is 0 Å². The summed E-state index contributed by atoms with van der Waals surface area (Å²) < 4.78 is 15.9. The van der Waals surface area contributed by atoms with Gasteiger partial charge in [0, 0.05) is 18.2 Å². The van der Waals surface area contributed by atoms with Crippen molar-refractivity contribution in [2.24, 2.45) is 0 Å². The van der Waals surface area contributed by atoms with Gasteiger partial charge in [0.05, 0.1) is 27.4 Å². The predicted octanol–water partition coefficient (Wildman–Crippen LogP) is 4.09. The zero-order valence-corrected chi connectivity index (χ0v) is 16.0. The van der Waals surface area contributed by atoms with Gasteiger partial charge in [0.2, 0.25) is 5.91 Å². The number of carbonyl (C=O) groups is 1. The Bertz CT molecular complexity index is 814. The third kappa shape index (κ3) is 4.25. The van der Waals surface area contributed by atoms with Crippen LogP contribution in [0.5, 0.6) is 17.2 Å².